The molecule has 1 aromatic heterocycles. The maximum absolute atomic E-state index is 5.92. The van der Waals surface area contributed by atoms with Crippen LogP contribution in [0.1, 0.15) is 35.3 Å². The number of hydrogen-bond acceptors (Lipinski definition) is 4. The van der Waals surface area contributed by atoms with Crippen LogP contribution in [0.3, 0.4) is 0 Å². The summed E-state index contributed by atoms with van der Waals surface area (Å²) < 4.78 is 5.17. The lowest BCUT2D eigenvalue weighted by atomic mass is 10.1. The van der Waals surface area contributed by atoms with Gasteiger partial charge in [0.05, 0.1) is 19.3 Å². The Bertz CT molecular complexity index is 670. The average Bonchev–Trinajstić information content (AvgIpc) is 2.86. The van der Waals surface area contributed by atoms with Crippen molar-refractivity contribution >= 4 is 47.0 Å². The minimum Gasteiger partial charge on any atom is -0.497 e. The van der Waals surface area contributed by atoms with Crippen molar-refractivity contribution < 1.29 is 4.74 Å². The molecule has 0 saturated heterocycles. The average molecular weight is 446 g/mol. The van der Waals surface area contributed by atoms with Gasteiger partial charge in [-0.15, -0.1) is 35.3 Å². The zero-order valence-electron chi connectivity index (χ0n) is 13.8. The molecule has 0 saturated carbocycles. The zero-order chi connectivity index (χ0) is 16.1. The van der Waals surface area contributed by atoms with E-state index in [1.54, 1.807) is 18.4 Å². The molecule has 2 aromatic rings. The number of thiazole rings is 1. The quantitative estimate of drug-likeness (QED) is 0.412. The van der Waals surface area contributed by atoms with Crippen LogP contribution in [-0.4, -0.2) is 18.1 Å². The monoisotopic (exact) mass is 446 g/mol. The smallest absolute Gasteiger partial charge is 0.193 e. The summed E-state index contributed by atoms with van der Waals surface area (Å²) >= 11 is 1.68. The van der Waals surface area contributed by atoms with Gasteiger partial charge in [0.15, 0.2) is 5.96 Å². The van der Waals surface area contributed by atoms with Crippen LogP contribution in [0, 0.1) is 6.92 Å². The largest absolute Gasteiger partial charge is 0.497 e. The van der Waals surface area contributed by atoms with E-state index in [0.29, 0.717) is 18.4 Å². The third kappa shape index (κ3) is 5.65. The molecular formula is C16H23IN4OS. The number of nitrogens with two attached hydrogens (primary N) is 1. The van der Waals surface area contributed by atoms with E-state index in [9.17, 15) is 0 Å². The lowest BCUT2D eigenvalue weighted by Gasteiger charge is -2.06. The molecule has 0 atom stereocenters. The van der Waals surface area contributed by atoms with Crippen LogP contribution in [0.15, 0.2) is 29.3 Å². The number of rotatable bonds is 5. The Balaban J connectivity index is 0.00000264. The van der Waals surface area contributed by atoms with Crippen LogP contribution in [0.25, 0.3) is 0 Å². The first-order valence-electron chi connectivity index (χ1n) is 7.16. The SMILES string of the molecule is COc1cccc(NC(N)=NCc2nc(C(C)C)c(C)s2)c1.I. The van der Waals surface area contributed by atoms with Gasteiger partial charge in [0.1, 0.15) is 10.8 Å². The van der Waals surface area contributed by atoms with E-state index in [1.807, 2.05) is 24.3 Å². The normalized spacial score (nSPS) is 11.3. The molecule has 0 amide bonds. The topological polar surface area (TPSA) is 72.5 Å². The summed E-state index contributed by atoms with van der Waals surface area (Å²) in [5.41, 5.74) is 7.92. The van der Waals surface area contributed by atoms with Gasteiger partial charge in [-0.25, -0.2) is 9.98 Å². The number of ether oxygens (including phenoxy) is 1. The number of guanidine groups is 1. The molecule has 23 heavy (non-hydrogen) atoms. The van der Waals surface area contributed by atoms with E-state index in [0.717, 1.165) is 22.1 Å². The Morgan fingerprint density at radius 3 is 2.78 bits per heavy atom. The summed E-state index contributed by atoms with van der Waals surface area (Å²) in [5, 5.41) is 4.04. The fourth-order valence-electron chi connectivity index (χ4n) is 2.11. The number of hydrogen-bond donors (Lipinski definition) is 2. The number of nitrogens with one attached hydrogen (secondary N) is 1. The highest BCUT2D eigenvalue weighted by Gasteiger charge is 2.10. The molecule has 0 aliphatic heterocycles. The van der Waals surface area contributed by atoms with E-state index >= 15 is 0 Å². The third-order valence-corrected chi connectivity index (χ3v) is 4.12. The van der Waals surface area contributed by atoms with Crippen LogP contribution in [0.5, 0.6) is 5.75 Å². The van der Waals surface area contributed by atoms with Gasteiger partial charge in [-0.1, -0.05) is 19.9 Å². The molecule has 0 aliphatic rings. The molecule has 0 unspecified atom stereocenters. The van der Waals surface area contributed by atoms with Gasteiger partial charge in [-0.3, -0.25) is 0 Å². The van der Waals surface area contributed by atoms with Gasteiger partial charge in [0, 0.05) is 16.6 Å². The van der Waals surface area contributed by atoms with Crippen LogP contribution in [0.4, 0.5) is 5.69 Å². The molecule has 0 radical (unpaired) electrons. The molecule has 0 aliphatic carbocycles. The maximum Gasteiger partial charge on any atom is 0.193 e. The number of methoxy groups -OCH3 is 1. The molecule has 0 bridgehead atoms. The molecule has 126 valence electrons. The lowest BCUT2D eigenvalue weighted by molar-refractivity contribution is 0.415. The third-order valence-electron chi connectivity index (χ3n) is 3.15. The first-order valence-corrected chi connectivity index (χ1v) is 7.98. The number of aryl methyl sites for hydroxylation is 1. The van der Waals surface area contributed by atoms with E-state index in [2.05, 4.69) is 36.1 Å². The van der Waals surface area contributed by atoms with Crippen molar-refractivity contribution in [3.05, 3.63) is 39.8 Å². The van der Waals surface area contributed by atoms with Gasteiger partial charge in [-0.2, -0.15) is 0 Å². The fourth-order valence-corrected chi connectivity index (χ4v) is 3.12. The molecule has 0 spiro atoms. The van der Waals surface area contributed by atoms with Gasteiger partial charge < -0.3 is 15.8 Å². The number of aliphatic imine (C=N–C) groups is 1. The molecule has 5 nitrogen and oxygen atoms in total. The van der Waals surface area contributed by atoms with Crippen molar-refractivity contribution in [3.63, 3.8) is 0 Å². The highest BCUT2D eigenvalue weighted by molar-refractivity contribution is 14.0. The van der Waals surface area contributed by atoms with Gasteiger partial charge in [0.2, 0.25) is 0 Å². The molecular weight excluding hydrogens is 423 g/mol. The molecule has 1 heterocycles. The number of benzene rings is 1. The second kappa shape index (κ2) is 9.07. The Labute approximate surface area is 158 Å². The number of nitrogens with zero attached hydrogens (tertiary/aromatic N) is 2. The predicted molar refractivity (Wildman–Crippen MR) is 108 cm³/mol. The Morgan fingerprint density at radius 1 is 1.43 bits per heavy atom. The number of aromatic nitrogens is 1. The summed E-state index contributed by atoms with van der Waals surface area (Å²) in [6.07, 6.45) is 0. The van der Waals surface area contributed by atoms with Gasteiger partial charge in [-0.05, 0) is 25.0 Å². The van der Waals surface area contributed by atoms with Crippen LogP contribution in [0.2, 0.25) is 0 Å². The standard InChI is InChI=1S/C16H22N4OS.HI/c1-10(2)15-11(3)22-14(20-15)9-18-16(17)19-12-6-5-7-13(8-12)21-4;/h5-8,10H,9H2,1-4H3,(H3,17,18,19);1H. The Hall–Kier alpha value is -1.35. The van der Waals surface area contributed by atoms with Crippen molar-refractivity contribution in [2.24, 2.45) is 10.7 Å². The zero-order valence-corrected chi connectivity index (χ0v) is 16.9. The van der Waals surface area contributed by atoms with Gasteiger partial charge in [0.25, 0.3) is 0 Å². The van der Waals surface area contributed by atoms with E-state index < -0.39 is 0 Å². The Kier molecular flexibility index (Phi) is 7.77. The highest BCUT2D eigenvalue weighted by atomic mass is 127. The van der Waals surface area contributed by atoms with Crippen LogP contribution < -0.4 is 15.8 Å². The van der Waals surface area contributed by atoms with E-state index in [1.165, 1.54) is 4.88 Å². The molecule has 1 aromatic carbocycles. The van der Waals surface area contributed by atoms with Crippen molar-refractivity contribution in [3.8, 4) is 5.75 Å². The molecule has 2 rings (SSSR count). The van der Waals surface area contributed by atoms with Crippen molar-refractivity contribution in [1.82, 2.24) is 4.98 Å². The Morgan fingerprint density at radius 2 is 2.17 bits per heavy atom. The lowest BCUT2D eigenvalue weighted by Crippen LogP contribution is -2.22. The van der Waals surface area contributed by atoms with E-state index in [4.69, 9.17) is 10.5 Å². The first-order chi connectivity index (χ1) is 10.5. The molecule has 7 heteroatoms. The minimum atomic E-state index is 0. The molecule has 3 N–H and O–H groups in total. The molecule has 0 fully saturated rings. The fraction of sp³-hybridized carbons (Fsp3) is 0.375. The van der Waals surface area contributed by atoms with Gasteiger partial charge >= 0.3 is 0 Å². The van der Waals surface area contributed by atoms with Crippen LogP contribution in [-0.2, 0) is 6.54 Å². The number of anilines is 1. The van der Waals surface area contributed by atoms with E-state index in [-0.39, 0.29) is 24.0 Å². The maximum atomic E-state index is 5.92. The first kappa shape index (κ1) is 19.7. The summed E-state index contributed by atoms with van der Waals surface area (Å²) in [6.45, 7) is 6.88. The minimum absolute atomic E-state index is 0. The van der Waals surface area contributed by atoms with Crippen molar-refractivity contribution in [1.29, 1.82) is 0 Å². The summed E-state index contributed by atoms with van der Waals surface area (Å²) in [5.74, 6) is 1.57. The second-order valence-corrected chi connectivity index (χ2v) is 6.55. The summed E-state index contributed by atoms with van der Waals surface area (Å²) in [7, 11) is 1.63. The summed E-state index contributed by atoms with van der Waals surface area (Å²) in [4.78, 5) is 10.2. The highest BCUT2D eigenvalue weighted by Crippen LogP contribution is 2.24. The van der Waals surface area contributed by atoms with Crippen LogP contribution >= 0.6 is 35.3 Å². The summed E-state index contributed by atoms with van der Waals surface area (Å²) in [6, 6.07) is 7.56. The van der Waals surface area contributed by atoms with Crippen molar-refractivity contribution in [2.75, 3.05) is 12.4 Å². The van der Waals surface area contributed by atoms with Crippen molar-refractivity contribution in [2.45, 2.75) is 33.2 Å². The second-order valence-electron chi connectivity index (χ2n) is 5.26. The number of halogens is 1. The predicted octanol–water partition coefficient (Wildman–Crippen LogP) is 4.13.